The summed E-state index contributed by atoms with van der Waals surface area (Å²) in [5.74, 6) is -0.415. The van der Waals surface area contributed by atoms with E-state index in [9.17, 15) is 14.7 Å². The van der Waals surface area contributed by atoms with Crippen molar-refractivity contribution in [3.63, 3.8) is 0 Å². The van der Waals surface area contributed by atoms with Crippen molar-refractivity contribution in [3.05, 3.63) is 11.1 Å². The first-order valence-corrected chi connectivity index (χ1v) is 6.84. The largest absolute Gasteiger partial charge is 0.478 e. The van der Waals surface area contributed by atoms with E-state index in [4.69, 9.17) is 0 Å². The van der Waals surface area contributed by atoms with E-state index in [1.807, 2.05) is 4.90 Å². The molecule has 0 aromatic heterocycles. The number of amides is 1. The van der Waals surface area contributed by atoms with E-state index in [1.165, 1.54) is 0 Å². The molecule has 1 N–H and O–H groups in total. The van der Waals surface area contributed by atoms with Crippen LogP contribution in [0, 0.1) is 5.92 Å². The van der Waals surface area contributed by atoms with Gasteiger partial charge in [-0.15, -0.1) is 0 Å². The van der Waals surface area contributed by atoms with Gasteiger partial charge < -0.3 is 10.0 Å². The molecule has 1 heterocycles. The maximum Gasteiger partial charge on any atom is 0.332 e. The van der Waals surface area contributed by atoms with Crippen LogP contribution in [-0.2, 0) is 9.59 Å². The second-order valence-electron chi connectivity index (χ2n) is 5.47. The third kappa shape index (κ3) is 2.74. The lowest BCUT2D eigenvalue weighted by Crippen LogP contribution is -2.40. The summed E-state index contributed by atoms with van der Waals surface area (Å²) in [5.41, 5.74) is 0.910. The number of carbonyl (C=O) groups excluding carboxylic acids is 1. The number of piperidine rings is 1. The zero-order valence-electron chi connectivity index (χ0n) is 10.9. The lowest BCUT2D eigenvalue weighted by atomic mass is 9.90. The molecule has 0 bridgehead atoms. The highest BCUT2D eigenvalue weighted by Gasteiger charge is 2.28. The first-order valence-electron chi connectivity index (χ1n) is 6.84. The molecule has 1 unspecified atom stereocenters. The zero-order chi connectivity index (χ0) is 13.1. The first kappa shape index (κ1) is 13.1. The van der Waals surface area contributed by atoms with E-state index in [0.29, 0.717) is 29.9 Å². The summed E-state index contributed by atoms with van der Waals surface area (Å²) in [6, 6.07) is 0. The molecule has 1 amide bonds. The molecule has 18 heavy (non-hydrogen) atoms. The van der Waals surface area contributed by atoms with Crippen molar-refractivity contribution in [2.24, 2.45) is 5.92 Å². The molecule has 1 fully saturated rings. The van der Waals surface area contributed by atoms with Crippen LogP contribution in [0.5, 0.6) is 0 Å². The third-order valence-corrected chi connectivity index (χ3v) is 3.93. The Morgan fingerprint density at radius 3 is 2.44 bits per heavy atom. The third-order valence-electron chi connectivity index (χ3n) is 3.93. The van der Waals surface area contributed by atoms with Crippen molar-refractivity contribution < 1.29 is 14.7 Å². The molecule has 0 spiro atoms. The number of carbonyl (C=O) groups is 2. The van der Waals surface area contributed by atoms with Gasteiger partial charge in [-0.05, 0) is 44.4 Å². The Labute approximate surface area is 108 Å². The van der Waals surface area contributed by atoms with Gasteiger partial charge in [0.2, 0.25) is 5.91 Å². The van der Waals surface area contributed by atoms with Crippen LogP contribution in [0.2, 0.25) is 0 Å². The summed E-state index contributed by atoms with van der Waals surface area (Å²) in [4.78, 5) is 25.5. The minimum Gasteiger partial charge on any atom is -0.478 e. The molecule has 1 saturated heterocycles. The van der Waals surface area contributed by atoms with Crippen LogP contribution in [0.25, 0.3) is 0 Å². The summed E-state index contributed by atoms with van der Waals surface area (Å²) in [6.45, 7) is 3.70. The average molecular weight is 251 g/mol. The number of hydrogen-bond acceptors (Lipinski definition) is 2. The van der Waals surface area contributed by atoms with Crippen LogP contribution < -0.4 is 0 Å². The fraction of sp³-hybridized carbons (Fsp3) is 0.714. The molecule has 1 aliphatic carbocycles. The summed E-state index contributed by atoms with van der Waals surface area (Å²) < 4.78 is 0. The molecule has 1 atom stereocenters. The minimum atomic E-state index is -0.914. The molecule has 1 aliphatic heterocycles. The van der Waals surface area contributed by atoms with Crippen LogP contribution in [-0.4, -0.2) is 35.0 Å². The van der Waals surface area contributed by atoms with Gasteiger partial charge in [-0.1, -0.05) is 6.92 Å². The molecule has 0 saturated carbocycles. The predicted molar refractivity (Wildman–Crippen MR) is 68.1 cm³/mol. The molecular weight excluding hydrogens is 230 g/mol. The predicted octanol–water partition coefficient (Wildman–Crippen LogP) is 2.20. The lowest BCUT2D eigenvalue weighted by molar-refractivity contribution is -0.134. The molecule has 0 aromatic rings. The van der Waals surface area contributed by atoms with Crippen molar-refractivity contribution in [2.75, 3.05) is 13.1 Å². The summed E-state index contributed by atoms with van der Waals surface area (Å²) in [5, 5.41) is 9.18. The number of carboxylic acid groups (broad SMARTS) is 1. The number of hydrogen-bond donors (Lipinski definition) is 1. The quantitative estimate of drug-likeness (QED) is 0.818. The van der Waals surface area contributed by atoms with Gasteiger partial charge in [0.25, 0.3) is 0 Å². The molecule has 4 nitrogen and oxygen atoms in total. The smallest absolute Gasteiger partial charge is 0.332 e. The maximum absolute atomic E-state index is 12.4. The topological polar surface area (TPSA) is 57.6 Å². The second kappa shape index (κ2) is 5.55. The SMILES string of the molecule is CC1CCCN(C(=O)C2=C(C(=O)O)CCCC2)C1. The fourth-order valence-corrected chi connectivity index (χ4v) is 2.94. The highest BCUT2D eigenvalue weighted by Crippen LogP contribution is 2.28. The van der Waals surface area contributed by atoms with Gasteiger partial charge in [0, 0.05) is 24.2 Å². The van der Waals surface area contributed by atoms with Gasteiger partial charge in [-0.3, -0.25) is 4.79 Å². The first-order chi connectivity index (χ1) is 8.59. The normalized spacial score (nSPS) is 25.2. The van der Waals surface area contributed by atoms with Crippen molar-refractivity contribution in [3.8, 4) is 0 Å². The van der Waals surface area contributed by atoms with Gasteiger partial charge in [-0.2, -0.15) is 0 Å². The van der Waals surface area contributed by atoms with Gasteiger partial charge >= 0.3 is 5.97 Å². The van der Waals surface area contributed by atoms with Crippen molar-refractivity contribution in [1.29, 1.82) is 0 Å². The molecular formula is C14H21NO3. The fourth-order valence-electron chi connectivity index (χ4n) is 2.94. The molecule has 0 aromatic carbocycles. The number of likely N-dealkylation sites (tertiary alicyclic amines) is 1. The van der Waals surface area contributed by atoms with Crippen LogP contribution in [0.3, 0.4) is 0 Å². The summed E-state index contributed by atoms with van der Waals surface area (Å²) >= 11 is 0. The molecule has 4 heteroatoms. The summed E-state index contributed by atoms with van der Waals surface area (Å²) in [6.07, 6.45) is 5.18. The second-order valence-corrected chi connectivity index (χ2v) is 5.47. The average Bonchev–Trinajstić information content (AvgIpc) is 2.38. The number of rotatable bonds is 2. The van der Waals surface area contributed by atoms with E-state index < -0.39 is 5.97 Å². The minimum absolute atomic E-state index is 0.0290. The van der Waals surface area contributed by atoms with Crippen LogP contribution in [0.15, 0.2) is 11.1 Å². The lowest BCUT2D eigenvalue weighted by Gasteiger charge is -2.32. The number of aliphatic carboxylic acids is 1. The van der Waals surface area contributed by atoms with E-state index >= 15 is 0 Å². The Kier molecular flexibility index (Phi) is 4.04. The van der Waals surface area contributed by atoms with Gasteiger partial charge in [0.05, 0.1) is 0 Å². The van der Waals surface area contributed by atoms with Gasteiger partial charge in [0.1, 0.15) is 0 Å². The maximum atomic E-state index is 12.4. The van der Waals surface area contributed by atoms with Crippen LogP contribution in [0.4, 0.5) is 0 Å². The van der Waals surface area contributed by atoms with E-state index in [0.717, 1.165) is 38.8 Å². The Hall–Kier alpha value is -1.32. The Bertz CT molecular complexity index is 387. The molecule has 2 rings (SSSR count). The summed E-state index contributed by atoms with van der Waals surface area (Å²) in [7, 11) is 0. The van der Waals surface area contributed by atoms with Crippen molar-refractivity contribution in [2.45, 2.75) is 45.4 Å². The van der Waals surface area contributed by atoms with Gasteiger partial charge in [-0.25, -0.2) is 4.79 Å². The van der Waals surface area contributed by atoms with Crippen LogP contribution >= 0.6 is 0 Å². The standard InChI is InChI=1S/C14H21NO3/c1-10-5-4-8-15(9-10)13(16)11-6-2-3-7-12(11)14(17)18/h10H,2-9H2,1H3,(H,17,18). The highest BCUT2D eigenvalue weighted by molar-refractivity contribution is 6.02. The molecule has 0 radical (unpaired) electrons. The highest BCUT2D eigenvalue weighted by atomic mass is 16.4. The van der Waals surface area contributed by atoms with E-state index in [-0.39, 0.29) is 5.91 Å². The van der Waals surface area contributed by atoms with E-state index in [2.05, 4.69) is 6.92 Å². The van der Waals surface area contributed by atoms with E-state index in [1.54, 1.807) is 0 Å². The van der Waals surface area contributed by atoms with Crippen LogP contribution in [0.1, 0.15) is 45.4 Å². The molecule has 2 aliphatic rings. The van der Waals surface area contributed by atoms with Crippen molar-refractivity contribution in [1.82, 2.24) is 4.90 Å². The number of carboxylic acids is 1. The monoisotopic (exact) mass is 251 g/mol. The Balaban J connectivity index is 2.17. The van der Waals surface area contributed by atoms with Gasteiger partial charge in [0.15, 0.2) is 0 Å². The Morgan fingerprint density at radius 1 is 1.17 bits per heavy atom. The zero-order valence-corrected chi connectivity index (χ0v) is 10.9. The Morgan fingerprint density at radius 2 is 1.83 bits per heavy atom. The molecule has 100 valence electrons. The van der Waals surface area contributed by atoms with Crippen molar-refractivity contribution >= 4 is 11.9 Å². The number of nitrogens with zero attached hydrogens (tertiary/aromatic N) is 1.